The second-order valence-electron chi connectivity index (χ2n) is 5.08. The van der Waals surface area contributed by atoms with E-state index in [1.807, 2.05) is 18.3 Å². The second kappa shape index (κ2) is 5.13. The predicted octanol–water partition coefficient (Wildman–Crippen LogP) is 2.92. The van der Waals surface area contributed by atoms with Crippen LogP contribution in [0.1, 0.15) is 24.6 Å². The molecule has 2 aromatic rings. The standard InChI is InChI=1S/C15H18FN3/c1-11-15(12-2-4-13(16)5-3-12)10-18-19(11)14-6-8-17-9-7-14/h2-5,10,14,17H,6-9H2,1H3. The fourth-order valence-electron chi connectivity index (χ4n) is 2.76. The van der Waals surface area contributed by atoms with Crippen LogP contribution in [-0.2, 0) is 0 Å². The van der Waals surface area contributed by atoms with E-state index in [1.54, 1.807) is 0 Å². The van der Waals surface area contributed by atoms with Gasteiger partial charge in [-0.2, -0.15) is 5.10 Å². The largest absolute Gasteiger partial charge is 0.317 e. The van der Waals surface area contributed by atoms with Crippen LogP contribution in [0, 0.1) is 12.7 Å². The molecule has 3 nitrogen and oxygen atoms in total. The summed E-state index contributed by atoms with van der Waals surface area (Å²) < 4.78 is 15.1. The molecule has 0 spiro atoms. The molecule has 1 aliphatic heterocycles. The van der Waals surface area contributed by atoms with Crippen molar-refractivity contribution in [1.29, 1.82) is 0 Å². The van der Waals surface area contributed by atoms with Crippen molar-refractivity contribution in [2.24, 2.45) is 0 Å². The number of nitrogens with one attached hydrogen (secondary N) is 1. The van der Waals surface area contributed by atoms with Gasteiger partial charge in [0.25, 0.3) is 0 Å². The van der Waals surface area contributed by atoms with Gasteiger partial charge in [0.1, 0.15) is 5.82 Å². The third kappa shape index (κ3) is 2.40. The van der Waals surface area contributed by atoms with Crippen molar-refractivity contribution in [2.45, 2.75) is 25.8 Å². The van der Waals surface area contributed by atoms with Crippen LogP contribution in [0.4, 0.5) is 4.39 Å². The zero-order valence-corrected chi connectivity index (χ0v) is 11.1. The molecule has 1 fully saturated rings. The van der Waals surface area contributed by atoms with Crippen molar-refractivity contribution in [3.63, 3.8) is 0 Å². The number of benzene rings is 1. The average Bonchev–Trinajstić information content (AvgIpc) is 2.83. The maximum atomic E-state index is 13.0. The minimum atomic E-state index is -0.202. The van der Waals surface area contributed by atoms with Gasteiger partial charge in [-0.1, -0.05) is 12.1 Å². The van der Waals surface area contributed by atoms with Crippen LogP contribution >= 0.6 is 0 Å². The van der Waals surface area contributed by atoms with Crippen LogP contribution in [0.15, 0.2) is 30.5 Å². The summed E-state index contributed by atoms with van der Waals surface area (Å²) in [5.41, 5.74) is 3.29. The van der Waals surface area contributed by atoms with Crippen molar-refractivity contribution in [2.75, 3.05) is 13.1 Å². The normalized spacial score (nSPS) is 16.7. The lowest BCUT2D eigenvalue weighted by atomic mass is 10.0. The van der Waals surface area contributed by atoms with E-state index in [1.165, 1.54) is 17.8 Å². The Balaban J connectivity index is 1.91. The zero-order valence-electron chi connectivity index (χ0n) is 11.1. The first-order valence-corrected chi connectivity index (χ1v) is 6.76. The van der Waals surface area contributed by atoms with Crippen LogP contribution < -0.4 is 5.32 Å². The van der Waals surface area contributed by atoms with E-state index in [2.05, 4.69) is 22.0 Å². The van der Waals surface area contributed by atoms with Gasteiger partial charge in [0, 0.05) is 11.3 Å². The summed E-state index contributed by atoms with van der Waals surface area (Å²) in [5.74, 6) is -0.202. The number of rotatable bonds is 2. The molecule has 1 aromatic carbocycles. The quantitative estimate of drug-likeness (QED) is 0.898. The molecule has 0 amide bonds. The zero-order chi connectivity index (χ0) is 13.2. The molecule has 1 saturated heterocycles. The van der Waals surface area contributed by atoms with E-state index < -0.39 is 0 Å². The molecule has 0 radical (unpaired) electrons. The Morgan fingerprint density at radius 2 is 1.89 bits per heavy atom. The van der Waals surface area contributed by atoms with Crippen LogP contribution in [0.3, 0.4) is 0 Å². The molecule has 0 saturated carbocycles. The van der Waals surface area contributed by atoms with Crippen LogP contribution in [0.2, 0.25) is 0 Å². The Kier molecular flexibility index (Phi) is 3.34. The Hall–Kier alpha value is -1.68. The average molecular weight is 259 g/mol. The SMILES string of the molecule is Cc1c(-c2ccc(F)cc2)cnn1C1CCNCC1. The molecule has 100 valence electrons. The summed E-state index contributed by atoms with van der Waals surface area (Å²) in [6.07, 6.45) is 4.13. The Morgan fingerprint density at radius 1 is 1.21 bits per heavy atom. The van der Waals surface area contributed by atoms with E-state index in [4.69, 9.17) is 0 Å². The van der Waals surface area contributed by atoms with E-state index in [9.17, 15) is 4.39 Å². The highest BCUT2D eigenvalue weighted by Crippen LogP contribution is 2.27. The van der Waals surface area contributed by atoms with Gasteiger partial charge in [-0.15, -0.1) is 0 Å². The molecule has 1 N–H and O–H groups in total. The molecule has 0 unspecified atom stereocenters. The fourth-order valence-corrected chi connectivity index (χ4v) is 2.76. The summed E-state index contributed by atoms with van der Waals surface area (Å²) in [6.45, 7) is 4.19. The minimum absolute atomic E-state index is 0.202. The lowest BCUT2D eigenvalue weighted by Gasteiger charge is -2.24. The number of aromatic nitrogens is 2. The Morgan fingerprint density at radius 3 is 2.58 bits per heavy atom. The summed E-state index contributed by atoms with van der Waals surface area (Å²) in [5, 5.41) is 7.90. The van der Waals surface area contributed by atoms with Crippen LogP contribution in [0.5, 0.6) is 0 Å². The van der Waals surface area contributed by atoms with Gasteiger partial charge in [0.2, 0.25) is 0 Å². The lowest BCUT2D eigenvalue weighted by molar-refractivity contribution is 0.338. The highest BCUT2D eigenvalue weighted by Gasteiger charge is 2.19. The highest BCUT2D eigenvalue weighted by molar-refractivity contribution is 5.65. The van der Waals surface area contributed by atoms with Crippen molar-refractivity contribution in [1.82, 2.24) is 15.1 Å². The fraction of sp³-hybridized carbons (Fsp3) is 0.400. The monoisotopic (exact) mass is 259 g/mol. The molecule has 1 aromatic heterocycles. The number of nitrogens with zero attached hydrogens (tertiary/aromatic N) is 2. The van der Waals surface area contributed by atoms with E-state index in [-0.39, 0.29) is 5.82 Å². The second-order valence-corrected chi connectivity index (χ2v) is 5.08. The summed E-state index contributed by atoms with van der Waals surface area (Å²) in [6, 6.07) is 7.10. The molecule has 0 atom stereocenters. The Bertz CT molecular complexity index is 553. The topological polar surface area (TPSA) is 29.9 Å². The number of piperidine rings is 1. The number of hydrogen-bond acceptors (Lipinski definition) is 2. The molecule has 19 heavy (non-hydrogen) atoms. The summed E-state index contributed by atoms with van der Waals surface area (Å²) in [4.78, 5) is 0. The first-order chi connectivity index (χ1) is 9.25. The molecule has 2 heterocycles. The number of halogens is 1. The van der Waals surface area contributed by atoms with Crippen LogP contribution in [0.25, 0.3) is 11.1 Å². The van der Waals surface area contributed by atoms with Crippen molar-refractivity contribution >= 4 is 0 Å². The first-order valence-electron chi connectivity index (χ1n) is 6.76. The predicted molar refractivity (Wildman–Crippen MR) is 73.5 cm³/mol. The molecular weight excluding hydrogens is 241 g/mol. The Labute approximate surface area is 112 Å². The van der Waals surface area contributed by atoms with Gasteiger partial charge in [-0.3, -0.25) is 4.68 Å². The molecule has 4 heteroatoms. The molecule has 1 aliphatic rings. The minimum Gasteiger partial charge on any atom is -0.317 e. The molecular formula is C15H18FN3. The van der Waals surface area contributed by atoms with E-state index in [0.29, 0.717) is 6.04 Å². The maximum absolute atomic E-state index is 13.0. The van der Waals surface area contributed by atoms with E-state index in [0.717, 1.165) is 37.1 Å². The van der Waals surface area contributed by atoms with Gasteiger partial charge < -0.3 is 5.32 Å². The van der Waals surface area contributed by atoms with Crippen molar-refractivity contribution in [3.05, 3.63) is 42.0 Å². The summed E-state index contributed by atoms with van der Waals surface area (Å²) >= 11 is 0. The van der Waals surface area contributed by atoms with Gasteiger partial charge >= 0.3 is 0 Å². The number of hydrogen-bond donors (Lipinski definition) is 1. The van der Waals surface area contributed by atoms with Gasteiger partial charge in [0.05, 0.1) is 12.2 Å². The third-order valence-electron chi connectivity index (χ3n) is 3.85. The first kappa shape index (κ1) is 12.4. The summed E-state index contributed by atoms with van der Waals surface area (Å²) in [7, 11) is 0. The molecule has 3 rings (SSSR count). The van der Waals surface area contributed by atoms with Crippen molar-refractivity contribution in [3.8, 4) is 11.1 Å². The van der Waals surface area contributed by atoms with Gasteiger partial charge in [0.15, 0.2) is 0 Å². The third-order valence-corrected chi connectivity index (χ3v) is 3.85. The lowest BCUT2D eigenvalue weighted by Crippen LogP contribution is -2.30. The van der Waals surface area contributed by atoms with E-state index >= 15 is 0 Å². The maximum Gasteiger partial charge on any atom is 0.123 e. The smallest absolute Gasteiger partial charge is 0.123 e. The van der Waals surface area contributed by atoms with Crippen LogP contribution in [-0.4, -0.2) is 22.9 Å². The van der Waals surface area contributed by atoms with Gasteiger partial charge in [-0.05, 0) is 50.6 Å². The highest BCUT2D eigenvalue weighted by atomic mass is 19.1. The van der Waals surface area contributed by atoms with Gasteiger partial charge in [-0.25, -0.2) is 4.39 Å². The molecule has 0 aliphatic carbocycles. The molecule has 0 bridgehead atoms. The van der Waals surface area contributed by atoms with Crippen molar-refractivity contribution < 1.29 is 4.39 Å².